The number of hydrogen-bond donors (Lipinski definition) is 2. The maximum atomic E-state index is 11.8. The highest BCUT2D eigenvalue weighted by Crippen LogP contribution is 2.28. The monoisotopic (exact) mass is 453 g/mol. The van der Waals surface area contributed by atoms with Crippen LogP contribution in [0, 0.1) is 0 Å². The second-order valence-corrected chi connectivity index (χ2v) is 6.86. The van der Waals surface area contributed by atoms with Crippen LogP contribution in [0.3, 0.4) is 0 Å². The highest BCUT2D eigenvalue weighted by molar-refractivity contribution is 9.10. The van der Waals surface area contributed by atoms with Crippen molar-refractivity contribution in [3.63, 3.8) is 0 Å². The third-order valence-electron chi connectivity index (χ3n) is 3.79. The smallest absolute Gasteiger partial charge is 0.277 e. The number of carbonyl (C=O) groups excluding carboxylic acids is 1. The first-order valence-corrected chi connectivity index (χ1v) is 9.59. The van der Waals surface area contributed by atoms with Crippen molar-refractivity contribution in [2.45, 2.75) is 13.8 Å². The number of halogens is 2. The lowest BCUT2D eigenvalue weighted by molar-refractivity contribution is -0.123. The molecule has 0 aliphatic carbocycles. The van der Waals surface area contributed by atoms with Crippen LogP contribution < -0.4 is 15.1 Å². The van der Waals surface area contributed by atoms with Crippen molar-refractivity contribution in [2.24, 2.45) is 5.10 Å². The summed E-state index contributed by atoms with van der Waals surface area (Å²) in [6, 6.07) is 10.3. The van der Waals surface area contributed by atoms with E-state index in [2.05, 4.69) is 45.2 Å². The average Bonchev–Trinajstić information content (AvgIpc) is 2.63. The van der Waals surface area contributed by atoms with E-state index in [1.165, 1.54) is 6.21 Å². The SMILES string of the molecule is CCN(CC)c1ccc(C=NNC(=O)COc2ccc(Cl)cc2Br)c(O)c1. The topological polar surface area (TPSA) is 74.2 Å². The van der Waals surface area contributed by atoms with E-state index in [4.69, 9.17) is 16.3 Å². The minimum atomic E-state index is -0.424. The van der Waals surface area contributed by atoms with Crippen molar-refractivity contribution in [1.29, 1.82) is 0 Å². The zero-order valence-corrected chi connectivity index (χ0v) is 17.4. The summed E-state index contributed by atoms with van der Waals surface area (Å²) in [5, 5.41) is 14.6. The first kappa shape index (κ1) is 21.1. The van der Waals surface area contributed by atoms with Crippen LogP contribution >= 0.6 is 27.5 Å². The molecule has 0 heterocycles. The van der Waals surface area contributed by atoms with Crippen molar-refractivity contribution >= 4 is 45.3 Å². The average molecular weight is 455 g/mol. The van der Waals surface area contributed by atoms with Gasteiger partial charge in [0.25, 0.3) is 5.91 Å². The molecule has 2 aromatic rings. The molecule has 0 atom stereocenters. The van der Waals surface area contributed by atoms with E-state index in [-0.39, 0.29) is 12.4 Å². The van der Waals surface area contributed by atoms with Crippen molar-refractivity contribution in [3.8, 4) is 11.5 Å². The Balaban J connectivity index is 1.90. The molecule has 0 saturated carbocycles. The second-order valence-electron chi connectivity index (χ2n) is 5.57. The molecule has 6 nitrogen and oxygen atoms in total. The molecule has 0 unspecified atom stereocenters. The molecule has 2 N–H and O–H groups in total. The van der Waals surface area contributed by atoms with E-state index in [9.17, 15) is 9.90 Å². The minimum absolute atomic E-state index is 0.0961. The number of hydrogen-bond acceptors (Lipinski definition) is 5. The van der Waals surface area contributed by atoms with Gasteiger partial charge in [0.15, 0.2) is 6.61 Å². The molecule has 1 amide bonds. The number of benzene rings is 2. The zero-order chi connectivity index (χ0) is 19.8. The van der Waals surface area contributed by atoms with Crippen LogP contribution in [0.2, 0.25) is 5.02 Å². The van der Waals surface area contributed by atoms with Crippen molar-refractivity contribution in [1.82, 2.24) is 5.43 Å². The Morgan fingerprint density at radius 2 is 2.04 bits per heavy atom. The number of rotatable bonds is 8. The summed E-state index contributed by atoms with van der Waals surface area (Å²) in [6.07, 6.45) is 1.39. The summed E-state index contributed by atoms with van der Waals surface area (Å²) in [7, 11) is 0. The van der Waals surface area contributed by atoms with Gasteiger partial charge in [-0.15, -0.1) is 0 Å². The first-order chi connectivity index (χ1) is 12.9. The Kier molecular flexibility index (Phi) is 7.94. The van der Waals surface area contributed by atoms with Gasteiger partial charge in [-0.25, -0.2) is 5.43 Å². The fourth-order valence-corrected chi connectivity index (χ4v) is 3.17. The van der Waals surface area contributed by atoms with Gasteiger partial charge in [0, 0.05) is 35.4 Å². The number of aromatic hydroxyl groups is 1. The summed E-state index contributed by atoms with van der Waals surface area (Å²) in [5.74, 6) is 0.175. The summed E-state index contributed by atoms with van der Waals surface area (Å²) >= 11 is 9.17. The number of phenolic OH excluding ortho intramolecular Hbond substituents is 1. The first-order valence-electron chi connectivity index (χ1n) is 8.42. The van der Waals surface area contributed by atoms with Crippen LogP contribution in [0.5, 0.6) is 11.5 Å². The largest absolute Gasteiger partial charge is 0.507 e. The molecule has 144 valence electrons. The van der Waals surface area contributed by atoms with Gasteiger partial charge in [-0.3, -0.25) is 4.79 Å². The van der Waals surface area contributed by atoms with E-state index in [0.717, 1.165) is 18.8 Å². The molecule has 2 rings (SSSR count). The number of nitrogens with zero attached hydrogens (tertiary/aromatic N) is 2. The lowest BCUT2D eigenvalue weighted by Crippen LogP contribution is -2.24. The summed E-state index contributed by atoms with van der Waals surface area (Å²) < 4.78 is 6.06. The molecule has 2 aromatic carbocycles. The van der Waals surface area contributed by atoms with Gasteiger partial charge in [0.2, 0.25) is 0 Å². The molecule has 27 heavy (non-hydrogen) atoms. The number of amides is 1. The highest BCUT2D eigenvalue weighted by Gasteiger charge is 2.07. The van der Waals surface area contributed by atoms with Gasteiger partial charge in [-0.1, -0.05) is 11.6 Å². The number of anilines is 1. The zero-order valence-electron chi connectivity index (χ0n) is 15.1. The number of phenols is 1. The summed E-state index contributed by atoms with van der Waals surface area (Å²) in [4.78, 5) is 14.0. The van der Waals surface area contributed by atoms with E-state index in [1.807, 2.05) is 6.07 Å². The Labute approximate surface area is 171 Å². The quantitative estimate of drug-likeness (QED) is 0.463. The van der Waals surface area contributed by atoms with Crippen molar-refractivity contribution in [2.75, 3.05) is 24.6 Å². The molecule has 0 spiro atoms. The molecule has 8 heteroatoms. The summed E-state index contributed by atoms with van der Waals surface area (Å²) in [6.45, 7) is 5.60. The molecule has 0 bridgehead atoms. The van der Waals surface area contributed by atoms with Gasteiger partial charge in [-0.05, 0) is 60.1 Å². The predicted molar refractivity (Wildman–Crippen MR) is 112 cm³/mol. The highest BCUT2D eigenvalue weighted by atomic mass is 79.9. The van der Waals surface area contributed by atoms with Crippen molar-refractivity contribution in [3.05, 3.63) is 51.5 Å². The fraction of sp³-hybridized carbons (Fsp3) is 0.263. The number of ether oxygens (including phenoxy) is 1. The van der Waals surface area contributed by atoms with Crippen LogP contribution in [0.15, 0.2) is 46.0 Å². The van der Waals surface area contributed by atoms with Crippen LogP contribution in [-0.2, 0) is 4.79 Å². The van der Waals surface area contributed by atoms with Gasteiger partial charge in [0.1, 0.15) is 11.5 Å². The standard InChI is InChI=1S/C19H21BrClN3O3/c1-3-24(4-2)15-7-5-13(17(25)10-15)11-22-23-19(26)12-27-18-8-6-14(21)9-16(18)20/h5-11,25H,3-4,12H2,1-2H3,(H,23,26). The van der Waals surface area contributed by atoms with Gasteiger partial charge >= 0.3 is 0 Å². The maximum absolute atomic E-state index is 11.8. The molecule has 0 saturated heterocycles. The molecule has 0 radical (unpaired) electrons. The van der Waals surface area contributed by atoms with Gasteiger partial charge in [0.05, 0.1) is 10.7 Å². The third-order valence-corrected chi connectivity index (χ3v) is 4.64. The third kappa shape index (κ3) is 6.15. The molecular formula is C19H21BrClN3O3. The Hall–Kier alpha value is -2.25. The Morgan fingerprint density at radius 3 is 2.67 bits per heavy atom. The summed E-state index contributed by atoms with van der Waals surface area (Å²) in [5.41, 5.74) is 3.80. The van der Waals surface area contributed by atoms with E-state index in [1.54, 1.807) is 30.3 Å². The number of nitrogens with one attached hydrogen (secondary N) is 1. The molecule has 0 aliphatic heterocycles. The Morgan fingerprint density at radius 1 is 1.30 bits per heavy atom. The molecular weight excluding hydrogens is 434 g/mol. The molecule has 0 aliphatic rings. The lowest BCUT2D eigenvalue weighted by Gasteiger charge is -2.21. The molecule has 0 fully saturated rings. The predicted octanol–water partition coefficient (Wildman–Crippen LogP) is 4.18. The minimum Gasteiger partial charge on any atom is -0.507 e. The van der Waals surface area contributed by atoms with Gasteiger partial charge in [-0.2, -0.15) is 5.10 Å². The number of carbonyl (C=O) groups is 1. The van der Waals surface area contributed by atoms with Crippen LogP contribution in [0.25, 0.3) is 0 Å². The van der Waals surface area contributed by atoms with Crippen LogP contribution in [0.1, 0.15) is 19.4 Å². The van der Waals surface area contributed by atoms with E-state index < -0.39 is 5.91 Å². The molecule has 0 aromatic heterocycles. The van der Waals surface area contributed by atoms with E-state index >= 15 is 0 Å². The number of hydrazone groups is 1. The lowest BCUT2D eigenvalue weighted by atomic mass is 10.2. The Bertz CT molecular complexity index is 826. The van der Waals surface area contributed by atoms with Crippen LogP contribution in [-0.4, -0.2) is 36.9 Å². The van der Waals surface area contributed by atoms with E-state index in [0.29, 0.717) is 20.8 Å². The maximum Gasteiger partial charge on any atom is 0.277 e. The van der Waals surface area contributed by atoms with Crippen molar-refractivity contribution < 1.29 is 14.6 Å². The second kappa shape index (κ2) is 10.2. The fourth-order valence-electron chi connectivity index (χ4n) is 2.37. The van der Waals surface area contributed by atoms with Gasteiger partial charge < -0.3 is 14.7 Å². The normalized spacial score (nSPS) is 10.8. The van der Waals surface area contributed by atoms with Crippen LogP contribution in [0.4, 0.5) is 5.69 Å².